The molecule has 0 bridgehead atoms. The van der Waals surface area contributed by atoms with Crippen molar-refractivity contribution in [3.05, 3.63) is 45.9 Å². The molecule has 0 saturated carbocycles. The van der Waals surface area contributed by atoms with Crippen LogP contribution in [-0.2, 0) is 13.1 Å². The molecular formula is C13H15BrFN3. The minimum atomic E-state index is -0.239. The highest BCUT2D eigenvalue weighted by molar-refractivity contribution is 9.10. The summed E-state index contributed by atoms with van der Waals surface area (Å²) in [5.74, 6) is -0.239. The van der Waals surface area contributed by atoms with Crippen molar-refractivity contribution in [3.63, 3.8) is 0 Å². The molecule has 96 valence electrons. The topological polar surface area (TPSA) is 29.9 Å². The molecule has 18 heavy (non-hydrogen) atoms. The second-order valence-electron chi connectivity index (χ2n) is 4.14. The Morgan fingerprint density at radius 2 is 2.22 bits per heavy atom. The maximum atomic E-state index is 13.3. The van der Waals surface area contributed by atoms with Crippen LogP contribution in [0.2, 0.25) is 0 Å². The minimum absolute atomic E-state index is 0.239. The van der Waals surface area contributed by atoms with Crippen molar-refractivity contribution in [1.29, 1.82) is 0 Å². The maximum absolute atomic E-state index is 13.3. The standard InChI is InChI=1S/C13H15BrFN3/c1-3-18-8-10(7-17-18)6-16-13-5-11(14)12(15)4-9(13)2/h4-5,7-8,16H,3,6H2,1-2H3. The number of aromatic nitrogens is 2. The average molecular weight is 312 g/mol. The van der Waals surface area contributed by atoms with E-state index in [-0.39, 0.29) is 5.82 Å². The lowest BCUT2D eigenvalue weighted by Crippen LogP contribution is -2.01. The van der Waals surface area contributed by atoms with E-state index in [1.165, 1.54) is 6.07 Å². The zero-order chi connectivity index (χ0) is 13.1. The number of hydrogen-bond acceptors (Lipinski definition) is 2. The molecule has 0 aliphatic rings. The number of rotatable bonds is 4. The fourth-order valence-electron chi connectivity index (χ4n) is 1.70. The molecular weight excluding hydrogens is 297 g/mol. The van der Waals surface area contributed by atoms with Gasteiger partial charge in [0.25, 0.3) is 0 Å². The summed E-state index contributed by atoms with van der Waals surface area (Å²) in [6.45, 7) is 5.47. The first-order valence-corrected chi connectivity index (χ1v) is 6.60. The van der Waals surface area contributed by atoms with Gasteiger partial charge in [-0.25, -0.2) is 4.39 Å². The lowest BCUT2D eigenvalue weighted by Gasteiger charge is -2.09. The Morgan fingerprint density at radius 3 is 2.89 bits per heavy atom. The van der Waals surface area contributed by atoms with Gasteiger partial charge in [-0.05, 0) is 47.5 Å². The van der Waals surface area contributed by atoms with Crippen LogP contribution in [0.25, 0.3) is 0 Å². The van der Waals surface area contributed by atoms with Crippen LogP contribution in [0.1, 0.15) is 18.1 Å². The van der Waals surface area contributed by atoms with Gasteiger partial charge in [0.2, 0.25) is 0 Å². The normalized spacial score (nSPS) is 10.7. The van der Waals surface area contributed by atoms with E-state index in [1.807, 2.05) is 30.9 Å². The molecule has 5 heteroatoms. The molecule has 0 aliphatic heterocycles. The van der Waals surface area contributed by atoms with E-state index < -0.39 is 0 Å². The molecule has 0 aliphatic carbocycles. The van der Waals surface area contributed by atoms with Gasteiger partial charge < -0.3 is 5.32 Å². The molecule has 3 nitrogen and oxygen atoms in total. The van der Waals surface area contributed by atoms with Crippen LogP contribution in [0.4, 0.5) is 10.1 Å². The predicted molar refractivity (Wildman–Crippen MR) is 74.1 cm³/mol. The summed E-state index contributed by atoms with van der Waals surface area (Å²) in [5, 5.41) is 7.49. The summed E-state index contributed by atoms with van der Waals surface area (Å²) in [5.41, 5.74) is 2.92. The van der Waals surface area contributed by atoms with Crippen LogP contribution in [0, 0.1) is 12.7 Å². The van der Waals surface area contributed by atoms with Crippen LogP contribution in [0.15, 0.2) is 29.0 Å². The third kappa shape index (κ3) is 2.90. The number of nitrogens with zero attached hydrogens (tertiary/aromatic N) is 2. The Bertz CT molecular complexity index is 551. The van der Waals surface area contributed by atoms with Gasteiger partial charge in [-0.1, -0.05) is 0 Å². The molecule has 1 heterocycles. The third-order valence-electron chi connectivity index (χ3n) is 2.76. The third-order valence-corrected chi connectivity index (χ3v) is 3.37. The second kappa shape index (κ2) is 5.52. The second-order valence-corrected chi connectivity index (χ2v) is 4.99. The van der Waals surface area contributed by atoms with E-state index in [9.17, 15) is 4.39 Å². The van der Waals surface area contributed by atoms with Crippen LogP contribution < -0.4 is 5.32 Å². The Balaban J connectivity index is 2.08. The molecule has 0 fully saturated rings. The molecule has 0 radical (unpaired) electrons. The number of nitrogens with one attached hydrogen (secondary N) is 1. The first kappa shape index (κ1) is 13.1. The summed E-state index contributed by atoms with van der Waals surface area (Å²) in [6, 6.07) is 3.27. The van der Waals surface area contributed by atoms with Gasteiger partial charge in [0, 0.05) is 30.5 Å². The van der Waals surface area contributed by atoms with Gasteiger partial charge in [0.1, 0.15) is 5.82 Å². The molecule has 2 rings (SSSR count). The highest BCUT2D eigenvalue weighted by Gasteiger charge is 2.05. The van der Waals surface area contributed by atoms with Crippen molar-refractivity contribution < 1.29 is 4.39 Å². The van der Waals surface area contributed by atoms with Crippen molar-refractivity contribution in [1.82, 2.24) is 9.78 Å². The molecule has 0 amide bonds. The largest absolute Gasteiger partial charge is 0.381 e. The van der Waals surface area contributed by atoms with E-state index >= 15 is 0 Å². The fourth-order valence-corrected chi connectivity index (χ4v) is 2.05. The van der Waals surface area contributed by atoms with Crippen LogP contribution in [0.3, 0.4) is 0 Å². The Kier molecular flexibility index (Phi) is 4.01. The van der Waals surface area contributed by atoms with Crippen LogP contribution in [-0.4, -0.2) is 9.78 Å². The minimum Gasteiger partial charge on any atom is -0.381 e. The molecule has 0 unspecified atom stereocenters. The van der Waals surface area contributed by atoms with Crippen molar-refractivity contribution in [2.24, 2.45) is 0 Å². The van der Waals surface area contributed by atoms with Crippen molar-refractivity contribution in [2.75, 3.05) is 5.32 Å². The van der Waals surface area contributed by atoms with Gasteiger partial charge in [0.15, 0.2) is 0 Å². The molecule has 1 aromatic heterocycles. The Hall–Kier alpha value is -1.36. The summed E-state index contributed by atoms with van der Waals surface area (Å²) >= 11 is 3.19. The zero-order valence-electron chi connectivity index (χ0n) is 10.4. The lowest BCUT2D eigenvalue weighted by molar-refractivity contribution is 0.620. The van der Waals surface area contributed by atoms with E-state index in [0.717, 1.165) is 23.4 Å². The average Bonchev–Trinajstić information content (AvgIpc) is 2.80. The Morgan fingerprint density at radius 1 is 1.44 bits per heavy atom. The highest BCUT2D eigenvalue weighted by atomic mass is 79.9. The molecule has 0 spiro atoms. The van der Waals surface area contributed by atoms with E-state index in [0.29, 0.717) is 11.0 Å². The van der Waals surface area contributed by atoms with Gasteiger partial charge in [-0.2, -0.15) is 5.10 Å². The first-order valence-electron chi connectivity index (χ1n) is 5.81. The summed E-state index contributed by atoms with van der Waals surface area (Å²) < 4.78 is 15.6. The van der Waals surface area contributed by atoms with Crippen molar-refractivity contribution in [3.8, 4) is 0 Å². The van der Waals surface area contributed by atoms with E-state index in [2.05, 4.69) is 26.3 Å². The number of benzene rings is 1. The number of aryl methyl sites for hydroxylation is 2. The van der Waals surface area contributed by atoms with E-state index in [1.54, 1.807) is 6.07 Å². The summed E-state index contributed by atoms with van der Waals surface area (Å²) in [6.07, 6.45) is 3.84. The smallest absolute Gasteiger partial charge is 0.137 e. The fraction of sp³-hybridized carbons (Fsp3) is 0.308. The van der Waals surface area contributed by atoms with Crippen LogP contribution in [0.5, 0.6) is 0 Å². The number of hydrogen-bond donors (Lipinski definition) is 1. The van der Waals surface area contributed by atoms with Crippen molar-refractivity contribution >= 4 is 21.6 Å². The van der Waals surface area contributed by atoms with Gasteiger partial charge in [0.05, 0.1) is 10.7 Å². The van der Waals surface area contributed by atoms with Gasteiger partial charge in [-0.3, -0.25) is 4.68 Å². The maximum Gasteiger partial charge on any atom is 0.137 e. The van der Waals surface area contributed by atoms with Gasteiger partial charge in [-0.15, -0.1) is 0 Å². The first-order chi connectivity index (χ1) is 8.60. The van der Waals surface area contributed by atoms with Crippen LogP contribution >= 0.6 is 15.9 Å². The van der Waals surface area contributed by atoms with Crippen molar-refractivity contribution in [2.45, 2.75) is 26.9 Å². The molecule has 0 saturated heterocycles. The zero-order valence-corrected chi connectivity index (χ0v) is 12.0. The number of anilines is 1. The number of halogens is 2. The molecule has 1 N–H and O–H groups in total. The highest BCUT2D eigenvalue weighted by Crippen LogP contribution is 2.24. The molecule has 0 atom stereocenters. The summed E-state index contributed by atoms with van der Waals surface area (Å²) in [7, 11) is 0. The molecule has 1 aromatic carbocycles. The van der Waals surface area contributed by atoms with Gasteiger partial charge >= 0.3 is 0 Å². The summed E-state index contributed by atoms with van der Waals surface area (Å²) in [4.78, 5) is 0. The quantitative estimate of drug-likeness (QED) is 0.932. The lowest BCUT2D eigenvalue weighted by atomic mass is 10.2. The monoisotopic (exact) mass is 311 g/mol. The van der Waals surface area contributed by atoms with E-state index in [4.69, 9.17) is 0 Å². The molecule has 2 aromatic rings. The Labute approximate surface area is 114 Å². The SMILES string of the molecule is CCn1cc(CNc2cc(Br)c(F)cc2C)cn1. The predicted octanol–water partition coefficient (Wildman–Crippen LogP) is 3.73.